The molecule has 0 amide bonds. The Labute approximate surface area is 101 Å². The van der Waals surface area contributed by atoms with E-state index < -0.39 is 22.9 Å². The number of hydrogen-bond acceptors (Lipinski definition) is 3. The van der Waals surface area contributed by atoms with Crippen LogP contribution in [0.2, 0.25) is 0 Å². The van der Waals surface area contributed by atoms with Gasteiger partial charge in [-0.15, -0.1) is 0 Å². The predicted molar refractivity (Wildman–Crippen MR) is 61.5 cm³/mol. The molecule has 5 nitrogen and oxygen atoms in total. The van der Waals surface area contributed by atoms with Crippen LogP contribution in [0.15, 0.2) is 35.3 Å². The number of carboxylic acid groups (broad SMARTS) is 1. The molecule has 2 rings (SSSR count). The Bertz CT molecular complexity index is 679. The van der Waals surface area contributed by atoms with E-state index in [1.165, 1.54) is 18.3 Å². The average molecular weight is 248 g/mol. The van der Waals surface area contributed by atoms with Crippen LogP contribution >= 0.6 is 0 Å². The molecule has 0 aliphatic carbocycles. The molecule has 0 spiro atoms. The highest BCUT2D eigenvalue weighted by atomic mass is 19.1. The Morgan fingerprint density at radius 2 is 2.11 bits per heavy atom. The number of carbonyl (C=O) groups is 1. The largest absolute Gasteiger partial charge is 0.476 e. The van der Waals surface area contributed by atoms with E-state index in [1.807, 2.05) is 0 Å². The third-order valence-electron chi connectivity index (χ3n) is 2.36. The van der Waals surface area contributed by atoms with Crippen molar-refractivity contribution < 1.29 is 14.3 Å². The van der Waals surface area contributed by atoms with Gasteiger partial charge in [-0.1, -0.05) is 6.07 Å². The highest BCUT2D eigenvalue weighted by Crippen LogP contribution is 2.13. The number of carboxylic acids is 1. The van der Waals surface area contributed by atoms with Gasteiger partial charge in [0.2, 0.25) is 11.1 Å². The van der Waals surface area contributed by atoms with Gasteiger partial charge >= 0.3 is 5.97 Å². The van der Waals surface area contributed by atoms with E-state index in [4.69, 9.17) is 5.11 Å². The number of aromatic nitrogens is 2. The van der Waals surface area contributed by atoms with E-state index >= 15 is 0 Å². The van der Waals surface area contributed by atoms with Gasteiger partial charge in [-0.3, -0.25) is 4.79 Å². The maximum Gasteiger partial charge on any atom is 0.360 e. The second-order valence-electron chi connectivity index (χ2n) is 3.73. The molecule has 0 aliphatic heterocycles. The summed E-state index contributed by atoms with van der Waals surface area (Å²) in [5.74, 6) is -1.99. The van der Waals surface area contributed by atoms with Crippen LogP contribution < -0.4 is 5.43 Å². The molecule has 0 unspecified atom stereocenters. The fraction of sp³-hybridized carbons (Fsp3) is 0.0833. The van der Waals surface area contributed by atoms with E-state index in [-0.39, 0.29) is 5.69 Å². The van der Waals surface area contributed by atoms with E-state index in [0.717, 1.165) is 16.3 Å². The van der Waals surface area contributed by atoms with Gasteiger partial charge in [-0.25, -0.2) is 13.9 Å². The minimum Gasteiger partial charge on any atom is -0.476 e. The minimum atomic E-state index is -1.44. The minimum absolute atomic E-state index is 0.0949. The summed E-state index contributed by atoms with van der Waals surface area (Å²) >= 11 is 0. The first-order chi connectivity index (χ1) is 8.49. The van der Waals surface area contributed by atoms with Crippen molar-refractivity contribution in [3.63, 3.8) is 0 Å². The van der Waals surface area contributed by atoms with Crippen LogP contribution in [0.5, 0.6) is 0 Å². The van der Waals surface area contributed by atoms with E-state index in [9.17, 15) is 14.0 Å². The van der Waals surface area contributed by atoms with Gasteiger partial charge in [0.05, 0.1) is 0 Å². The lowest BCUT2D eigenvalue weighted by Gasteiger charge is -2.07. The van der Waals surface area contributed by atoms with Crippen LogP contribution in [0.4, 0.5) is 4.39 Å². The number of rotatable bonds is 2. The van der Waals surface area contributed by atoms with Crippen molar-refractivity contribution in [3.05, 3.63) is 57.8 Å². The van der Waals surface area contributed by atoms with Crippen molar-refractivity contribution in [1.82, 2.24) is 9.78 Å². The first-order valence-electron chi connectivity index (χ1n) is 5.09. The van der Waals surface area contributed by atoms with Crippen LogP contribution in [-0.4, -0.2) is 20.9 Å². The summed E-state index contributed by atoms with van der Waals surface area (Å²) in [4.78, 5) is 22.0. The van der Waals surface area contributed by atoms with Crippen LogP contribution in [-0.2, 0) is 0 Å². The number of aromatic carboxylic acids is 1. The van der Waals surface area contributed by atoms with Gasteiger partial charge in [-0.05, 0) is 24.6 Å². The fourth-order valence-corrected chi connectivity index (χ4v) is 1.49. The highest BCUT2D eigenvalue weighted by Gasteiger charge is 2.12. The molecule has 1 N–H and O–H groups in total. The van der Waals surface area contributed by atoms with Crippen molar-refractivity contribution in [2.24, 2.45) is 0 Å². The number of hydrogen-bond donors (Lipinski definition) is 1. The molecule has 1 aromatic heterocycles. The van der Waals surface area contributed by atoms with Gasteiger partial charge in [-0.2, -0.15) is 5.10 Å². The lowest BCUT2D eigenvalue weighted by Crippen LogP contribution is -2.20. The Hall–Kier alpha value is -2.50. The van der Waals surface area contributed by atoms with Gasteiger partial charge in [0.25, 0.3) is 0 Å². The molecule has 0 atom stereocenters. The van der Waals surface area contributed by atoms with Crippen LogP contribution in [0.3, 0.4) is 0 Å². The maximum atomic E-state index is 13.6. The average Bonchev–Trinajstić information content (AvgIpc) is 2.33. The lowest BCUT2D eigenvalue weighted by atomic mass is 10.2. The molecule has 0 bridgehead atoms. The molecular weight excluding hydrogens is 239 g/mol. The zero-order valence-electron chi connectivity index (χ0n) is 9.42. The second-order valence-corrected chi connectivity index (χ2v) is 3.73. The molecule has 2 aromatic rings. The van der Waals surface area contributed by atoms with Gasteiger partial charge in [0.1, 0.15) is 11.5 Å². The van der Waals surface area contributed by atoms with Gasteiger partial charge < -0.3 is 5.11 Å². The number of nitrogens with zero attached hydrogens (tertiary/aromatic N) is 2. The molecule has 0 aliphatic rings. The van der Waals surface area contributed by atoms with E-state index in [0.29, 0.717) is 0 Å². The molecule has 0 saturated heterocycles. The van der Waals surface area contributed by atoms with Crippen molar-refractivity contribution in [3.8, 4) is 5.69 Å². The Kier molecular flexibility index (Phi) is 2.93. The number of benzene rings is 1. The summed E-state index contributed by atoms with van der Waals surface area (Å²) in [6, 6.07) is 5.39. The summed E-state index contributed by atoms with van der Waals surface area (Å²) in [5, 5.41) is 12.4. The van der Waals surface area contributed by atoms with E-state index in [2.05, 4.69) is 5.10 Å². The second kappa shape index (κ2) is 4.40. The quantitative estimate of drug-likeness (QED) is 0.871. The zero-order valence-corrected chi connectivity index (χ0v) is 9.42. The van der Waals surface area contributed by atoms with Crippen molar-refractivity contribution in [2.75, 3.05) is 0 Å². The fourth-order valence-electron chi connectivity index (χ4n) is 1.49. The zero-order chi connectivity index (χ0) is 13.3. The molecule has 1 aromatic carbocycles. The Morgan fingerprint density at radius 1 is 1.39 bits per heavy atom. The lowest BCUT2D eigenvalue weighted by molar-refractivity contribution is 0.0686. The van der Waals surface area contributed by atoms with Gasteiger partial charge in [0, 0.05) is 12.3 Å². The number of aryl methyl sites for hydroxylation is 1. The monoisotopic (exact) mass is 248 g/mol. The van der Waals surface area contributed by atoms with Crippen LogP contribution in [0.25, 0.3) is 5.69 Å². The summed E-state index contributed by atoms with van der Waals surface area (Å²) in [7, 11) is 0. The summed E-state index contributed by atoms with van der Waals surface area (Å²) < 4.78 is 14.6. The Morgan fingerprint density at radius 3 is 2.78 bits per heavy atom. The molecule has 1 heterocycles. The van der Waals surface area contributed by atoms with Crippen molar-refractivity contribution in [1.29, 1.82) is 0 Å². The molecule has 92 valence electrons. The maximum absolute atomic E-state index is 13.6. The Balaban J connectivity index is 2.65. The first-order valence-corrected chi connectivity index (χ1v) is 5.09. The number of halogens is 1. The van der Waals surface area contributed by atoms with Gasteiger partial charge in [0.15, 0.2) is 0 Å². The normalized spacial score (nSPS) is 10.3. The molecule has 0 fully saturated rings. The molecule has 18 heavy (non-hydrogen) atoms. The topological polar surface area (TPSA) is 72.2 Å². The van der Waals surface area contributed by atoms with Crippen molar-refractivity contribution >= 4 is 5.97 Å². The predicted octanol–water partition coefficient (Wildman–Crippen LogP) is 1.38. The van der Waals surface area contributed by atoms with Crippen LogP contribution in [0.1, 0.15) is 16.1 Å². The molecular formula is C12H9FN2O3. The molecule has 0 saturated carbocycles. The standard InChI is InChI=1S/C12H9FN2O3/c1-7-2-3-8(13)9(6-7)15-5-4-10(16)11(14-15)12(17)18/h2-6H,1H3,(H,17,18). The van der Waals surface area contributed by atoms with Crippen LogP contribution in [0, 0.1) is 12.7 Å². The SMILES string of the molecule is Cc1ccc(F)c(-n2ccc(=O)c(C(=O)O)n2)c1. The summed E-state index contributed by atoms with van der Waals surface area (Å²) in [6.45, 7) is 1.77. The first kappa shape index (κ1) is 12.0. The van der Waals surface area contributed by atoms with E-state index in [1.54, 1.807) is 13.0 Å². The van der Waals surface area contributed by atoms with Crippen molar-refractivity contribution in [2.45, 2.75) is 6.92 Å². The third kappa shape index (κ3) is 2.13. The molecule has 0 radical (unpaired) electrons. The molecule has 6 heteroatoms. The highest BCUT2D eigenvalue weighted by molar-refractivity contribution is 5.84. The third-order valence-corrected chi connectivity index (χ3v) is 2.36. The smallest absolute Gasteiger partial charge is 0.360 e. The summed E-state index contributed by atoms with van der Waals surface area (Å²) in [5.41, 5.74) is -0.466. The summed E-state index contributed by atoms with van der Waals surface area (Å²) in [6.07, 6.45) is 1.23.